The van der Waals surface area contributed by atoms with Gasteiger partial charge in [-0.05, 0) is 30.8 Å². The van der Waals surface area contributed by atoms with Crippen molar-refractivity contribution >= 4 is 0 Å². The zero-order chi connectivity index (χ0) is 8.43. The Bertz CT molecular complexity index is 158. The predicted octanol–water partition coefficient (Wildman–Crippen LogP) is 3.13. The van der Waals surface area contributed by atoms with Crippen LogP contribution in [0, 0.1) is 17.8 Å². The van der Waals surface area contributed by atoms with Crippen molar-refractivity contribution in [2.75, 3.05) is 0 Å². The Morgan fingerprint density at radius 1 is 1.45 bits per heavy atom. The van der Waals surface area contributed by atoms with Gasteiger partial charge in [-0.1, -0.05) is 20.8 Å². The molecule has 64 valence electrons. The second-order valence-corrected chi connectivity index (χ2v) is 4.00. The summed E-state index contributed by atoms with van der Waals surface area (Å²) in [5, 5.41) is 9.57. The summed E-state index contributed by atoms with van der Waals surface area (Å²) in [5.41, 5.74) is 0. The Balaban J connectivity index is 2.64. The fourth-order valence-corrected chi connectivity index (χ4v) is 1.76. The minimum absolute atomic E-state index is 0.422. The van der Waals surface area contributed by atoms with E-state index in [2.05, 4.69) is 20.8 Å². The molecule has 1 nitrogen and oxygen atoms in total. The van der Waals surface area contributed by atoms with E-state index in [4.69, 9.17) is 0 Å². The molecule has 0 aromatic carbocycles. The van der Waals surface area contributed by atoms with E-state index in [1.54, 1.807) is 0 Å². The van der Waals surface area contributed by atoms with E-state index in [1.807, 2.05) is 6.08 Å². The minimum Gasteiger partial charge on any atom is -0.512 e. The monoisotopic (exact) mass is 154 g/mol. The fraction of sp³-hybridized carbons (Fsp3) is 0.800. The van der Waals surface area contributed by atoms with Crippen LogP contribution in [0.2, 0.25) is 0 Å². The van der Waals surface area contributed by atoms with E-state index < -0.39 is 0 Å². The van der Waals surface area contributed by atoms with E-state index in [0.717, 1.165) is 6.42 Å². The molecule has 0 fully saturated rings. The highest BCUT2D eigenvalue weighted by atomic mass is 16.3. The first kappa shape index (κ1) is 8.63. The highest BCUT2D eigenvalue weighted by Gasteiger charge is 2.22. The minimum atomic E-state index is 0.422. The van der Waals surface area contributed by atoms with Gasteiger partial charge in [-0.2, -0.15) is 0 Å². The average Bonchev–Trinajstić information content (AvgIpc) is 1.85. The molecular formula is C10H18O. The van der Waals surface area contributed by atoms with Crippen LogP contribution in [0.5, 0.6) is 0 Å². The largest absolute Gasteiger partial charge is 0.512 e. The number of allylic oxidation sites excluding steroid dienone is 2. The quantitative estimate of drug-likeness (QED) is 0.615. The van der Waals surface area contributed by atoms with Gasteiger partial charge in [-0.15, -0.1) is 0 Å². The molecule has 0 aromatic rings. The number of aliphatic hydroxyl groups is 1. The van der Waals surface area contributed by atoms with Gasteiger partial charge >= 0.3 is 0 Å². The molecule has 0 unspecified atom stereocenters. The first-order valence-corrected chi connectivity index (χ1v) is 4.52. The Morgan fingerprint density at radius 3 is 2.55 bits per heavy atom. The third-order valence-electron chi connectivity index (χ3n) is 2.57. The van der Waals surface area contributed by atoms with Crippen LogP contribution in [0.4, 0.5) is 0 Å². The van der Waals surface area contributed by atoms with E-state index in [0.29, 0.717) is 23.5 Å². The molecule has 0 aliphatic heterocycles. The maximum absolute atomic E-state index is 9.57. The molecule has 0 bridgehead atoms. The molecule has 0 spiro atoms. The molecule has 1 aliphatic rings. The molecule has 0 heterocycles. The molecule has 0 saturated carbocycles. The van der Waals surface area contributed by atoms with Crippen LogP contribution >= 0.6 is 0 Å². The van der Waals surface area contributed by atoms with E-state index in [1.165, 1.54) is 6.42 Å². The molecule has 1 rings (SSSR count). The van der Waals surface area contributed by atoms with Gasteiger partial charge in [0.1, 0.15) is 0 Å². The average molecular weight is 154 g/mol. The third kappa shape index (κ3) is 1.98. The SMILES string of the molecule is CC(C)[C@@H]1CC[C@@H](C)C=C1O. The maximum atomic E-state index is 9.57. The van der Waals surface area contributed by atoms with E-state index >= 15 is 0 Å². The lowest BCUT2D eigenvalue weighted by Crippen LogP contribution is -2.17. The van der Waals surface area contributed by atoms with Gasteiger partial charge in [0.25, 0.3) is 0 Å². The van der Waals surface area contributed by atoms with Crippen LogP contribution < -0.4 is 0 Å². The highest BCUT2D eigenvalue weighted by molar-refractivity contribution is 5.04. The molecule has 0 radical (unpaired) electrons. The summed E-state index contributed by atoms with van der Waals surface area (Å²) in [4.78, 5) is 0. The smallest absolute Gasteiger partial charge is 0.0918 e. The normalized spacial score (nSPS) is 32.2. The Morgan fingerprint density at radius 2 is 2.09 bits per heavy atom. The molecule has 0 aromatic heterocycles. The van der Waals surface area contributed by atoms with Crippen molar-refractivity contribution in [2.24, 2.45) is 17.8 Å². The van der Waals surface area contributed by atoms with Crippen molar-refractivity contribution in [2.45, 2.75) is 33.6 Å². The molecule has 11 heavy (non-hydrogen) atoms. The zero-order valence-electron chi connectivity index (χ0n) is 7.67. The second-order valence-electron chi connectivity index (χ2n) is 4.00. The number of aliphatic hydroxyl groups excluding tert-OH is 1. The topological polar surface area (TPSA) is 20.2 Å². The first-order chi connectivity index (χ1) is 5.11. The van der Waals surface area contributed by atoms with Crippen molar-refractivity contribution in [3.8, 4) is 0 Å². The fourth-order valence-electron chi connectivity index (χ4n) is 1.76. The highest BCUT2D eigenvalue weighted by Crippen LogP contribution is 2.31. The van der Waals surface area contributed by atoms with Crippen LogP contribution in [0.1, 0.15) is 33.6 Å². The Hall–Kier alpha value is -0.460. The molecule has 1 N–H and O–H groups in total. The van der Waals surface area contributed by atoms with Crippen LogP contribution in [-0.2, 0) is 0 Å². The Labute approximate surface area is 69.1 Å². The summed E-state index contributed by atoms with van der Waals surface area (Å²) in [6, 6.07) is 0. The summed E-state index contributed by atoms with van der Waals surface area (Å²) >= 11 is 0. The van der Waals surface area contributed by atoms with Gasteiger partial charge in [0.15, 0.2) is 0 Å². The van der Waals surface area contributed by atoms with Crippen molar-refractivity contribution < 1.29 is 5.11 Å². The van der Waals surface area contributed by atoms with Crippen LogP contribution in [0.25, 0.3) is 0 Å². The summed E-state index contributed by atoms with van der Waals surface area (Å²) in [5.74, 6) is 2.20. The lowest BCUT2D eigenvalue weighted by Gasteiger charge is -2.26. The van der Waals surface area contributed by atoms with E-state index in [-0.39, 0.29) is 0 Å². The summed E-state index contributed by atoms with van der Waals surface area (Å²) in [6.07, 6.45) is 4.39. The first-order valence-electron chi connectivity index (χ1n) is 4.52. The van der Waals surface area contributed by atoms with Gasteiger partial charge in [0, 0.05) is 5.92 Å². The molecule has 0 amide bonds. The number of hydrogen-bond donors (Lipinski definition) is 1. The van der Waals surface area contributed by atoms with Crippen molar-refractivity contribution in [3.63, 3.8) is 0 Å². The molecule has 0 saturated heterocycles. The molecule has 1 aliphatic carbocycles. The lowest BCUT2D eigenvalue weighted by atomic mass is 9.81. The van der Waals surface area contributed by atoms with Gasteiger partial charge in [-0.25, -0.2) is 0 Å². The van der Waals surface area contributed by atoms with Crippen LogP contribution in [0.3, 0.4) is 0 Å². The lowest BCUT2D eigenvalue weighted by molar-refractivity contribution is 0.239. The maximum Gasteiger partial charge on any atom is 0.0918 e. The van der Waals surface area contributed by atoms with Crippen molar-refractivity contribution in [1.82, 2.24) is 0 Å². The Kier molecular flexibility index (Phi) is 2.58. The van der Waals surface area contributed by atoms with Crippen LogP contribution in [0.15, 0.2) is 11.8 Å². The summed E-state index contributed by atoms with van der Waals surface area (Å²) in [7, 11) is 0. The molecule has 2 atom stereocenters. The predicted molar refractivity (Wildman–Crippen MR) is 47.4 cm³/mol. The van der Waals surface area contributed by atoms with Crippen molar-refractivity contribution in [1.29, 1.82) is 0 Å². The van der Waals surface area contributed by atoms with E-state index in [9.17, 15) is 5.11 Å². The van der Waals surface area contributed by atoms with Gasteiger partial charge in [-0.3, -0.25) is 0 Å². The second kappa shape index (κ2) is 3.29. The van der Waals surface area contributed by atoms with Gasteiger partial charge in [0.05, 0.1) is 5.76 Å². The summed E-state index contributed by atoms with van der Waals surface area (Å²) in [6.45, 7) is 6.50. The van der Waals surface area contributed by atoms with Gasteiger partial charge < -0.3 is 5.11 Å². The molecular weight excluding hydrogens is 136 g/mol. The zero-order valence-corrected chi connectivity index (χ0v) is 7.67. The standard InChI is InChI=1S/C10H18O/c1-7(2)9-5-4-8(3)6-10(9)11/h6-9,11H,4-5H2,1-3H3/t8-,9+/m1/s1. The third-order valence-corrected chi connectivity index (χ3v) is 2.57. The van der Waals surface area contributed by atoms with Crippen molar-refractivity contribution in [3.05, 3.63) is 11.8 Å². The van der Waals surface area contributed by atoms with Gasteiger partial charge in [0.2, 0.25) is 0 Å². The molecule has 1 heteroatoms. The summed E-state index contributed by atoms with van der Waals surface area (Å²) < 4.78 is 0. The number of rotatable bonds is 1. The van der Waals surface area contributed by atoms with Crippen LogP contribution in [-0.4, -0.2) is 5.11 Å². The number of hydrogen-bond acceptors (Lipinski definition) is 1.